The molecule has 1 N–H and O–H groups in total. The Kier molecular flexibility index (Phi) is 7.35. The average Bonchev–Trinajstić information content (AvgIpc) is 3.40. The normalized spacial score (nSPS) is 23.9. The first-order chi connectivity index (χ1) is 19.1. The summed E-state index contributed by atoms with van der Waals surface area (Å²) in [6.45, 7) is 8.02. The molecule has 3 atom stereocenters. The second kappa shape index (κ2) is 10.8. The Hall–Kier alpha value is -2.95. The Morgan fingerprint density at radius 1 is 1.10 bits per heavy atom. The van der Waals surface area contributed by atoms with Crippen LogP contribution in [0.2, 0.25) is 0 Å². The first kappa shape index (κ1) is 27.2. The number of anilines is 1. The van der Waals surface area contributed by atoms with E-state index >= 15 is 0 Å². The van der Waals surface area contributed by atoms with Crippen LogP contribution >= 0.6 is 11.3 Å². The van der Waals surface area contributed by atoms with Crippen LogP contribution in [0.1, 0.15) is 28.7 Å². The molecule has 4 fully saturated rings. The zero-order valence-electron chi connectivity index (χ0n) is 22.9. The molecule has 0 amide bonds. The highest BCUT2D eigenvalue weighted by molar-refractivity contribution is 7.91. The molecule has 40 heavy (non-hydrogen) atoms. The van der Waals surface area contributed by atoms with Crippen LogP contribution in [-0.2, 0) is 27.8 Å². The van der Waals surface area contributed by atoms with Gasteiger partial charge in [-0.2, -0.15) is 0 Å². The number of hydrogen-bond donors (Lipinski definition) is 1. The predicted molar refractivity (Wildman–Crippen MR) is 157 cm³/mol. The summed E-state index contributed by atoms with van der Waals surface area (Å²) < 4.78 is 29.8. The molecule has 212 valence electrons. The number of aryl methyl sites for hydroxylation is 2. The van der Waals surface area contributed by atoms with Crippen LogP contribution in [0.3, 0.4) is 0 Å². The van der Waals surface area contributed by atoms with Crippen molar-refractivity contribution in [3.8, 4) is 17.0 Å². The summed E-state index contributed by atoms with van der Waals surface area (Å²) in [5.41, 5.74) is 6.40. The Morgan fingerprint density at radius 2 is 1.85 bits per heavy atom. The van der Waals surface area contributed by atoms with Crippen molar-refractivity contribution in [3.05, 3.63) is 64.0 Å². The summed E-state index contributed by atoms with van der Waals surface area (Å²) in [5.74, 6) is 0.829. The number of aliphatic carboxylic acids is 1. The van der Waals surface area contributed by atoms with Gasteiger partial charge in [-0.05, 0) is 60.9 Å². The van der Waals surface area contributed by atoms with Crippen molar-refractivity contribution in [2.75, 3.05) is 42.6 Å². The SMILES string of the molecule is Cc1ccc(OCc2ccc(CN3CCS(=O)(=O)CC3)cc2C)c(-c2csc(N3C[C@H]4C[C@@H](C3)C4C(=O)O)n2)c1. The predicted octanol–water partition coefficient (Wildman–Crippen LogP) is 4.39. The Morgan fingerprint density at radius 3 is 2.55 bits per heavy atom. The van der Waals surface area contributed by atoms with Crippen LogP contribution in [0.4, 0.5) is 5.13 Å². The number of thiazole rings is 1. The summed E-state index contributed by atoms with van der Waals surface area (Å²) in [6, 6.07) is 12.5. The number of rotatable bonds is 8. The molecule has 1 unspecified atom stereocenters. The van der Waals surface area contributed by atoms with Crippen LogP contribution in [0.15, 0.2) is 41.8 Å². The first-order valence-electron chi connectivity index (χ1n) is 13.8. The third-order valence-electron chi connectivity index (χ3n) is 8.62. The fourth-order valence-corrected chi connectivity index (χ4v) is 8.41. The number of carbonyl (C=O) groups is 1. The van der Waals surface area contributed by atoms with E-state index in [9.17, 15) is 18.3 Å². The van der Waals surface area contributed by atoms with Gasteiger partial charge >= 0.3 is 5.97 Å². The standard InChI is InChI=1S/C30H35N3O5S2/c1-19-3-6-27(38-17-22-5-4-21(12-20(22)2)14-32-7-9-40(36,37)10-8-32)25(11-19)26-18-39-30(31-26)33-15-23-13-24(16-33)28(23)29(34)35/h3-6,11-12,18,23-24,28H,7-10,13-17H2,1-2H3,(H,34,35)/t23-,24+,28?. The average molecular weight is 582 g/mol. The van der Waals surface area contributed by atoms with Crippen molar-refractivity contribution in [2.45, 2.75) is 33.4 Å². The highest BCUT2D eigenvalue weighted by Crippen LogP contribution is 2.47. The monoisotopic (exact) mass is 581 g/mol. The fraction of sp³-hybridized carbons (Fsp3) is 0.467. The third kappa shape index (κ3) is 5.62. The van der Waals surface area contributed by atoms with E-state index in [0.717, 1.165) is 64.9 Å². The Labute approximate surface area is 239 Å². The summed E-state index contributed by atoms with van der Waals surface area (Å²) >= 11 is 1.60. The Bertz CT molecular complexity index is 1510. The molecule has 4 heterocycles. The molecule has 2 aromatic carbocycles. The van der Waals surface area contributed by atoms with E-state index in [1.54, 1.807) is 11.3 Å². The number of nitrogens with zero attached hydrogens (tertiary/aromatic N) is 3. The molecule has 2 bridgehead atoms. The molecule has 7 rings (SSSR count). The van der Waals surface area contributed by atoms with Gasteiger partial charge in [-0.3, -0.25) is 9.69 Å². The van der Waals surface area contributed by atoms with Crippen molar-refractivity contribution in [1.29, 1.82) is 0 Å². The number of carboxylic acid groups (broad SMARTS) is 1. The van der Waals surface area contributed by atoms with Gasteiger partial charge in [-0.1, -0.05) is 29.8 Å². The van der Waals surface area contributed by atoms with Crippen LogP contribution in [0.5, 0.6) is 5.75 Å². The van der Waals surface area contributed by atoms with Crippen molar-refractivity contribution < 1.29 is 23.1 Å². The van der Waals surface area contributed by atoms with Crippen molar-refractivity contribution >= 4 is 32.3 Å². The van der Waals surface area contributed by atoms with Crippen LogP contribution in [0, 0.1) is 31.6 Å². The first-order valence-corrected chi connectivity index (χ1v) is 16.5. The summed E-state index contributed by atoms with van der Waals surface area (Å²) in [6.07, 6.45) is 1.00. The molecule has 3 aliphatic heterocycles. The molecule has 3 aromatic rings. The lowest BCUT2D eigenvalue weighted by Crippen LogP contribution is -2.57. The zero-order valence-corrected chi connectivity index (χ0v) is 24.5. The lowest BCUT2D eigenvalue weighted by Gasteiger charge is -2.51. The molecular weight excluding hydrogens is 546 g/mol. The second-order valence-corrected chi connectivity index (χ2v) is 14.7. The van der Waals surface area contributed by atoms with Gasteiger partial charge in [0.1, 0.15) is 12.4 Å². The molecule has 3 saturated heterocycles. The maximum atomic E-state index is 11.7. The topological polar surface area (TPSA) is 100 Å². The zero-order chi connectivity index (χ0) is 28.0. The number of hydrogen-bond acceptors (Lipinski definition) is 8. The molecule has 8 nitrogen and oxygen atoms in total. The minimum absolute atomic E-state index is 0.200. The highest BCUT2D eigenvalue weighted by Gasteiger charge is 2.51. The van der Waals surface area contributed by atoms with E-state index in [1.165, 1.54) is 5.56 Å². The third-order valence-corrected chi connectivity index (χ3v) is 11.1. The second-order valence-electron chi connectivity index (χ2n) is 11.5. The lowest BCUT2D eigenvalue weighted by molar-refractivity contribution is -0.153. The van der Waals surface area contributed by atoms with E-state index in [4.69, 9.17) is 9.72 Å². The van der Waals surface area contributed by atoms with Gasteiger partial charge in [0.05, 0.1) is 23.1 Å². The smallest absolute Gasteiger partial charge is 0.307 e. The number of ether oxygens (including phenoxy) is 1. The van der Waals surface area contributed by atoms with E-state index < -0.39 is 15.8 Å². The largest absolute Gasteiger partial charge is 0.488 e. The van der Waals surface area contributed by atoms with Crippen LogP contribution in [-0.4, -0.2) is 67.1 Å². The molecule has 1 aromatic heterocycles. The van der Waals surface area contributed by atoms with Gasteiger partial charge in [0, 0.05) is 43.7 Å². The molecule has 0 radical (unpaired) electrons. The molecule has 0 spiro atoms. The van der Waals surface area contributed by atoms with Crippen molar-refractivity contribution in [3.63, 3.8) is 0 Å². The van der Waals surface area contributed by atoms with E-state index in [0.29, 0.717) is 19.7 Å². The van der Waals surface area contributed by atoms with E-state index in [2.05, 4.69) is 53.3 Å². The van der Waals surface area contributed by atoms with Crippen LogP contribution < -0.4 is 9.64 Å². The van der Waals surface area contributed by atoms with E-state index in [-0.39, 0.29) is 29.3 Å². The molecule has 4 aliphatic rings. The van der Waals surface area contributed by atoms with Crippen molar-refractivity contribution in [2.24, 2.45) is 17.8 Å². The summed E-state index contributed by atoms with van der Waals surface area (Å²) in [7, 11) is -2.88. The molecule has 10 heteroatoms. The van der Waals surface area contributed by atoms with Gasteiger partial charge in [-0.15, -0.1) is 11.3 Å². The van der Waals surface area contributed by atoms with Crippen molar-refractivity contribution in [1.82, 2.24) is 9.88 Å². The number of benzene rings is 2. The maximum absolute atomic E-state index is 11.7. The van der Waals surface area contributed by atoms with E-state index in [1.807, 2.05) is 12.1 Å². The molecular formula is C30H35N3O5S2. The fourth-order valence-electron chi connectivity index (χ4n) is 6.29. The number of sulfone groups is 1. The Balaban J connectivity index is 1.12. The minimum atomic E-state index is -2.88. The lowest BCUT2D eigenvalue weighted by atomic mass is 9.62. The van der Waals surface area contributed by atoms with Gasteiger partial charge in [0.2, 0.25) is 0 Å². The molecule has 1 saturated carbocycles. The van der Waals surface area contributed by atoms with Gasteiger partial charge in [-0.25, -0.2) is 13.4 Å². The minimum Gasteiger partial charge on any atom is -0.488 e. The van der Waals surface area contributed by atoms with Gasteiger partial charge in [0.25, 0.3) is 0 Å². The van der Waals surface area contributed by atoms with Gasteiger partial charge < -0.3 is 14.7 Å². The summed E-state index contributed by atoms with van der Waals surface area (Å²) in [5, 5.41) is 12.5. The quantitative estimate of drug-likeness (QED) is 0.418. The van der Waals surface area contributed by atoms with Gasteiger partial charge in [0.15, 0.2) is 15.0 Å². The highest BCUT2D eigenvalue weighted by atomic mass is 32.2. The number of fused-ring (bicyclic) bond motifs is 2. The number of aromatic nitrogens is 1. The summed E-state index contributed by atoms with van der Waals surface area (Å²) in [4.78, 5) is 20.9. The maximum Gasteiger partial charge on any atom is 0.307 e. The molecule has 1 aliphatic carbocycles. The van der Waals surface area contributed by atoms with Crippen LogP contribution in [0.25, 0.3) is 11.3 Å². The number of piperidine rings is 2. The number of carboxylic acids is 1.